The van der Waals surface area contributed by atoms with Crippen LogP contribution < -0.4 is 4.90 Å². The summed E-state index contributed by atoms with van der Waals surface area (Å²) in [5, 5.41) is 10.3. The van der Waals surface area contributed by atoms with Crippen LogP contribution in [-0.2, 0) is 0 Å². The maximum atomic E-state index is 11.5. The Morgan fingerprint density at radius 2 is 1.68 bits per heavy atom. The summed E-state index contributed by atoms with van der Waals surface area (Å²) in [6.07, 6.45) is 1.12. The molecule has 0 aromatic heterocycles. The number of halogens is 2. The average Bonchev–Trinajstić information content (AvgIpc) is 2.77. The molecule has 0 saturated heterocycles. The van der Waals surface area contributed by atoms with Gasteiger partial charge in [0.05, 0.1) is 16.3 Å². The van der Waals surface area contributed by atoms with E-state index < -0.39 is 5.97 Å². The Morgan fingerprint density at radius 3 is 2.26 bits per heavy atom. The van der Waals surface area contributed by atoms with Crippen LogP contribution in [0.5, 0.6) is 0 Å². The number of para-hydroxylation sites is 1. The van der Waals surface area contributed by atoms with Crippen LogP contribution in [0.2, 0.25) is 10.0 Å². The molecule has 0 aliphatic heterocycles. The smallest absolute Gasteiger partial charge is 0.335 e. The predicted octanol–water partition coefficient (Wildman–Crippen LogP) is 9.10. The second-order valence-corrected chi connectivity index (χ2v) is 10.8. The van der Waals surface area contributed by atoms with Crippen LogP contribution in [0, 0.1) is 17.8 Å². The van der Waals surface area contributed by atoms with E-state index in [0.29, 0.717) is 38.9 Å². The van der Waals surface area contributed by atoms with E-state index in [1.54, 1.807) is 12.1 Å². The van der Waals surface area contributed by atoms with Crippen molar-refractivity contribution in [3.8, 4) is 11.1 Å². The van der Waals surface area contributed by atoms with Crippen molar-refractivity contribution in [1.82, 2.24) is 0 Å². The van der Waals surface area contributed by atoms with Crippen molar-refractivity contribution in [2.24, 2.45) is 17.8 Å². The summed E-state index contributed by atoms with van der Waals surface area (Å²) >= 11 is 17.8. The Hall–Kier alpha value is -2.14. The Bertz CT molecular complexity index is 1150. The lowest BCUT2D eigenvalue weighted by atomic mass is 9.87. The Kier molecular flexibility index (Phi) is 8.97. The SMILES string of the molecule is CC(C)CC(CN(c1ccccc1)c1cc(Cl)c(-c2cc(Cl)cc(C(=O)O)c2)cc1S)C(C)C. The predicted molar refractivity (Wildman–Crippen MR) is 147 cm³/mol. The fraction of sp³-hybridized carbons (Fsp3) is 0.321. The number of aromatic carboxylic acids is 1. The molecule has 0 spiro atoms. The second-order valence-electron chi connectivity index (χ2n) is 9.43. The minimum Gasteiger partial charge on any atom is -0.478 e. The molecule has 1 N–H and O–H groups in total. The van der Waals surface area contributed by atoms with Gasteiger partial charge in [-0.1, -0.05) is 69.1 Å². The lowest BCUT2D eigenvalue weighted by Gasteiger charge is -2.33. The molecule has 180 valence electrons. The summed E-state index contributed by atoms with van der Waals surface area (Å²) in [5.41, 5.74) is 3.44. The lowest BCUT2D eigenvalue weighted by Crippen LogP contribution is -2.29. The molecule has 3 aromatic carbocycles. The summed E-state index contributed by atoms with van der Waals surface area (Å²) in [6, 6.07) is 18.8. The van der Waals surface area contributed by atoms with Gasteiger partial charge in [0.1, 0.15) is 0 Å². The highest BCUT2D eigenvalue weighted by Gasteiger charge is 2.23. The number of nitrogens with zero attached hydrogens (tertiary/aromatic N) is 1. The third-order valence-electron chi connectivity index (χ3n) is 6.01. The number of hydrogen-bond acceptors (Lipinski definition) is 3. The number of benzene rings is 3. The molecule has 0 fully saturated rings. The molecular formula is C28H31Cl2NO2S. The van der Waals surface area contributed by atoms with Crippen LogP contribution in [0.15, 0.2) is 65.6 Å². The molecule has 0 saturated carbocycles. The molecular weight excluding hydrogens is 485 g/mol. The van der Waals surface area contributed by atoms with Crippen molar-refractivity contribution in [3.63, 3.8) is 0 Å². The molecule has 3 aromatic rings. The molecule has 0 bridgehead atoms. The summed E-state index contributed by atoms with van der Waals surface area (Å²) in [4.78, 5) is 14.5. The third-order valence-corrected chi connectivity index (χ3v) is 6.90. The normalized spacial score (nSPS) is 12.3. The molecule has 0 aliphatic carbocycles. The molecule has 3 rings (SSSR count). The van der Waals surface area contributed by atoms with Crippen LogP contribution >= 0.6 is 35.8 Å². The highest BCUT2D eigenvalue weighted by molar-refractivity contribution is 7.80. The highest BCUT2D eigenvalue weighted by atomic mass is 35.5. The van der Waals surface area contributed by atoms with Gasteiger partial charge >= 0.3 is 5.97 Å². The van der Waals surface area contributed by atoms with Gasteiger partial charge in [0.15, 0.2) is 0 Å². The average molecular weight is 517 g/mol. The van der Waals surface area contributed by atoms with E-state index in [0.717, 1.165) is 29.2 Å². The van der Waals surface area contributed by atoms with E-state index in [2.05, 4.69) is 44.7 Å². The second kappa shape index (κ2) is 11.5. The van der Waals surface area contributed by atoms with Crippen LogP contribution in [0.25, 0.3) is 11.1 Å². The van der Waals surface area contributed by atoms with E-state index in [9.17, 15) is 9.90 Å². The number of anilines is 2. The minimum absolute atomic E-state index is 0.114. The molecule has 6 heteroatoms. The van der Waals surface area contributed by atoms with Crippen LogP contribution in [0.3, 0.4) is 0 Å². The van der Waals surface area contributed by atoms with Crippen LogP contribution in [0.4, 0.5) is 11.4 Å². The van der Waals surface area contributed by atoms with Gasteiger partial charge in [0.2, 0.25) is 0 Å². The van der Waals surface area contributed by atoms with Gasteiger partial charge in [0, 0.05) is 27.7 Å². The van der Waals surface area contributed by atoms with E-state index in [4.69, 9.17) is 35.8 Å². The van der Waals surface area contributed by atoms with Gasteiger partial charge in [-0.2, -0.15) is 0 Å². The zero-order chi connectivity index (χ0) is 25.0. The molecule has 0 heterocycles. The first-order valence-electron chi connectivity index (χ1n) is 11.5. The minimum atomic E-state index is -1.04. The molecule has 1 atom stereocenters. The Labute approximate surface area is 218 Å². The van der Waals surface area contributed by atoms with Crippen LogP contribution in [-0.4, -0.2) is 17.6 Å². The summed E-state index contributed by atoms with van der Waals surface area (Å²) in [7, 11) is 0. The van der Waals surface area contributed by atoms with Gasteiger partial charge in [-0.25, -0.2) is 4.79 Å². The molecule has 0 radical (unpaired) electrons. The quantitative estimate of drug-likeness (QED) is 0.279. The first kappa shape index (κ1) is 26.5. The molecule has 3 nitrogen and oxygen atoms in total. The summed E-state index contributed by atoms with van der Waals surface area (Å²) in [6.45, 7) is 9.90. The highest BCUT2D eigenvalue weighted by Crippen LogP contribution is 2.41. The summed E-state index contributed by atoms with van der Waals surface area (Å²) < 4.78 is 0. The fourth-order valence-corrected chi connectivity index (χ4v) is 5.02. The number of carboxylic acid groups (broad SMARTS) is 1. The van der Waals surface area contributed by atoms with Gasteiger partial charge in [-0.15, -0.1) is 12.6 Å². The number of carbonyl (C=O) groups is 1. The standard InChI is InChI=1S/C28H31Cl2NO2S/c1-17(2)10-21(18(3)4)16-31(23-8-6-5-7-9-23)26-15-25(30)24(14-27(26)34)19-11-20(28(32)33)13-22(29)12-19/h5-9,11-15,17-18,21,34H,10,16H2,1-4H3,(H,32,33). The van der Waals surface area contributed by atoms with Crippen LogP contribution in [0.1, 0.15) is 44.5 Å². The summed E-state index contributed by atoms with van der Waals surface area (Å²) in [5.74, 6) is 0.561. The lowest BCUT2D eigenvalue weighted by molar-refractivity contribution is 0.0697. The monoisotopic (exact) mass is 515 g/mol. The van der Waals surface area contributed by atoms with E-state index >= 15 is 0 Å². The zero-order valence-electron chi connectivity index (χ0n) is 19.9. The maximum absolute atomic E-state index is 11.5. The van der Waals surface area contributed by atoms with Gasteiger partial charge in [-0.3, -0.25) is 0 Å². The Balaban J connectivity index is 2.09. The fourth-order valence-electron chi connectivity index (χ4n) is 4.21. The number of hydrogen-bond donors (Lipinski definition) is 2. The van der Waals surface area contributed by atoms with Crippen molar-refractivity contribution >= 4 is 53.2 Å². The first-order chi connectivity index (χ1) is 16.1. The first-order valence-corrected chi connectivity index (χ1v) is 12.7. The largest absolute Gasteiger partial charge is 0.478 e. The van der Waals surface area contributed by atoms with Gasteiger partial charge in [-0.05, 0) is 72.2 Å². The maximum Gasteiger partial charge on any atom is 0.335 e. The molecule has 0 amide bonds. The number of carboxylic acids is 1. The van der Waals surface area contributed by atoms with Gasteiger partial charge < -0.3 is 10.0 Å². The zero-order valence-corrected chi connectivity index (χ0v) is 22.3. The van der Waals surface area contributed by atoms with Crippen molar-refractivity contribution in [1.29, 1.82) is 0 Å². The van der Waals surface area contributed by atoms with Crippen molar-refractivity contribution in [2.45, 2.75) is 39.0 Å². The van der Waals surface area contributed by atoms with Crippen molar-refractivity contribution < 1.29 is 9.90 Å². The molecule has 1 unspecified atom stereocenters. The van der Waals surface area contributed by atoms with Crippen molar-refractivity contribution in [3.05, 3.63) is 76.3 Å². The van der Waals surface area contributed by atoms with E-state index in [-0.39, 0.29) is 5.56 Å². The molecule has 34 heavy (non-hydrogen) atoms. The topological polar surface area (TPSA) is 40.5 Å². The Morgan fingerprint density at radius 1 is 1.00 bits per heavy atom. The number of rotatable bonds is 9. The van der Waals surface area contributed by atoms with E-state index in [1.807, 2.05) is 30.3 Å². The third kappa shape index (κ3) is 6.50. The van der Waals surface area contributed by atoms with Crippen molar-refractivity contribution in [2.75, 3.05) is 11.4 Å². The van der Waals surface area contributed by atoms with E-state index in [1.165, 1.54) is 6.07 Å². The van der Waals surface area contributed by atoms with Gasteiger partial charge in [0.25, 0.3) is 0 Å². The molecule has 0 aliphatic rings. The number of thiol groups is 1.